The van der Waals surface area contributed by atoms with E-state index < -0.39 is 0 Å². The molecule has 2 aromatic rings. The third-order valence-corrected chi connectivity index (χ3v) is 3.80. The number of aromatic nitrogens is 1. The van der Waals surface area contributed by atoms with Crippen molar-refractivity contribution >= 4 is 5.96 Å². The maximum absolute atomic E-state index is 5.59. The summed E-state index contributed by atoms with van der Waals surface area (Å²) >= 11 is 0. The molecule has 0 amide bonds. The summed E-state index contributed by atoms with van der Waals surface area (Å²) < 4.78 is 11.0. The molecule has 0 aliphatic carbocycles. The normalized spacial score (nSPS) is 18.1. The Morgan fingerprint density at radius 1 is 1.30 bits per heavy atom. The monoisotopic (exact) mass is 314 g/mol. The molecule has 2 heterocycles. The average molecular weight is 314 g/mol. The second-order valence-corrected chi connectivity index (χ2v) is 5.49. The Labute approximate surface area is 135 Å². The number of guanidine groups is 1. The molecule has 1 aromatic heterocycles. The van der Waals surface area contributed by atoms with Gasteiger partial charge >= 0.3 is 0 Å². The fourth-order valence-corrected chi connectivity index (χ4v) is 2.54. The molecule has 0 bridgehead atoms. The summed E-state index contributed by atoms with van der Waals surface area (Å²) in [5.74, 6) is 1.51. The van der Waals surface area contributed by atoms with Crippen molar-refractivity contribution < 1.29 is 9.26 Å². The molecule has 6 nitrogen and oxygen atoms in total. The van der Waals surface area contributed by atoms with Crippen molar-refractivity contribution in [2.24, 2.45) is 4.99 Å². The molecule has 1 aliphatic rings. The number of hydrogen-bond acceptors (Lipinski definition) is 4. The van der Waals surface area contributed by atoms with E-state index in [1.165, 1.54) is 0 Å². The summed E-state index contributed by atoms with van der Waals surface area (Å²) in [7, 11) is 1.75. The van der Waals surface area contributed by atoms with Gasteiger partial charge in [0, 0.05) is 31.8 Å². The van der Waals surface area contributed by atoms with E-state index in [-0.39, 0.29) is 6.10 Å². The van der Waals surface area contributed by atoms with Crippen molar-refractivity contribution in [1.29, 1.82) is 0 Å². The van der Waals surface area contributed by atoms with Gasteiger partial charge in [0.25, 0.3) is 0 Å². The quantitative estimate of drug-likeness (QED) is 0.654. The van der Waals surface area contributed by atoms with Gasteiger partial charge < -0.3 is 19.9 Å². The molecule has 122 valence electrons. The second-order valence-electron chi connectivity index (χ2n) is 5.49. The molecule has 0 spiro atoms. The molecule has 1 unspecified atom stereocenters. The standard InChI is InChI=1S/C17H22N4O2/c1-18-17(20-12-15-8-5-9-22-15)19-11-14-10-16(23-21-14)13-6-3-2-4-7-13/h2-4,6-7,10,15H,5,8-9,11-12H2,1H3,(H2,18,19,20). The highest BCUT2D eigenvalue weighted by Gasteiger charge is 2.15. The van der Waals surface area contributed by atoms with Gasteiger partial charge in [0.05, 0.1) is 12.6 Å². The van der Waals surface area contributed by atoms with Crippen LogP contribution in [0.25, 0.3) is 11.3 Å². The van der Waals surface area contributed by atoms with Gasteiger partial charge in [0.15, 0.2) is 11.7 Å². The summed E-state index contributed by atoms with van der Waals surface area (Å²) in [5, 5.41) is 10.6. The summed E-state index contributed by atoms with van der Waals surface area (Å²) in [6, 6.07) is 11.9. The Morgan fingerprint density at radius 2 is 2.17 bits per heavy atom. The molecule has 1 fully saturated rings. The maximum atomic E-state index is 5.59. The molecule has 0 saturated carbocycles. The Morgan fingerprint density at radius 3 is 2.91 bits per heavy atom. The number of nitrogens with one attached hydrogen (secondary N) is 2. The Balaban J connectivity index is 1.50. The van der Waals surface area contributed by atoms with Crippen LogP contribution < -0.4 is 10.6 Å². The topological polar surface area (TPSA) is 71.7 Å². The summed E-state index contributed by atoms with van der Waals surface area (Å²) in [6.07, 6.45) is 2.53. The first kappa shape index (κ1) is 15.6. The Bertz CT molecular complexity index is 633. The van der Waals surface area contributed by atoms with Crippen LogP contribution in [0.4, 0.5) is 0 Å². The van der Waals surface area contributed by atoms with E-state index in [1.807, 2.05) is 36.4 Å². The van der Waals surface area contributed by atoms with E-state index in [0.717, 1.165) is 49.0 Å². The van der Waals surface area contributed by atoms with Crippen molar-refractivity contribution in [3.63, 3.8) is 0 Å². The van der Waals surface area contributed by atoms with Crippen LogP contribution >= 0.6 is 0 Å². The molecule has 3 rings (SSSR count). The molecule has 0 radical (unpaired) electrons. The molecule has 1 aliphatic heterocycles. The SMILES string of the molecule is CN=C(NCc1cc(-c2ccccc2)on1)NCC1CCCO1. The number of ether oxygens (including phenoxy) is 1. The zero-order valence-electron chi connectivity index (χ0n) is 13.3. The number of hydrogen-bond donors (Lipinski definition) is 2. The van der Waals surface area contributed by atoms with E-state index in [9.17, 15) is 0 Å². The molecule has 23 heavy (non-hydrogen) atoms. The fraction of sp³-hybridized carbons (Fsp3) is 0.412. The first-order valence-electron chi connectivity index (χ1n) is 7.92. The largest absolute Gasteiger partial charge is 0.376 e. The Hall–Kier alpha value is -2.34. The van der Waals surface area contributed by atoms with E-state index in [2.05, 4.69) is 20.8 Å². The Kier molecular flexibility index (Phi) is 5.26. The van der Waals surface area contributed by atoms with Crippen LogP contribution in [0.5, 0.6) is 0 Å². The van der Waals surface area contributed by atoms with Gasteiger partial charge in [-0.15, -0.1) is 0 Å². The molecular formula is C17H22N4O2. The highest BCUT2D eigenvalue weighted by atomic mass is 16.5. The first-order chi connectivity index (χ1) is 11.3. The van der Waals surface area contributed by atoms with Gasteiger partial charge in [-0.25, -0.2) is 0 Å². The highest BCUT2D eigenvalue weighted by Crippen LogP contribution is 2.19. The van der Waals surface area contributed by atoms with Crippen LogP contribution in [0.2, 0.25) is 0 Å². The molecular weight excluding hydrogens is 292 g/mol. The summed E-state index contributed by atoms with van der Waals surface area (Å²) in [4.78, 5) is 4.21. The van der Waals surface area contributed by atoms with Crippen LogP contribution in [0.15, 0.2) is 45.9 Å². The zero-order valence-corrected chi connectivity index (χ0v) is 13.3. The number of rotatable bonds is 5. The van der Waals surface area contributed by atoms with Crippen LogP contribution in [0.3, 0.4) is 0 Å². The second kappa shape index (κ2) is 7.78. The number of aliphatic imine (C=N–C) groups is 1. The van der Waals surface area contributed by atoms with Gasteiger partial charge in [-0.05, 0) is 12.8 Å². The van der Waals surface area contributed by atoms with Crippen molar-refractivity contribution in [3.8, 4) is 11.3 Å². The molecule has 2 N–H and O–H groups in total. The van der Waals surface area contributed by atoms with E-state index >= 15 is 0 Å². The predicted octanol–water partition coefficient (Wildman–Crippen LogP) is 2.19. The maximum Gasteiger partial charge on any atom is 0.191 e. The smallest absolute Gasteiger partial charge is 0.191 e. The molecule has 1 saturated heterocycles. The molecule has 6 heteroatoms. The lowest BCUT2D eigenvalue weighted by Crippen LogP contribution is -2.40. The van der Waals surface area contributed by atoms with Gasteiger partial charge in [-0.1, -0.05) is 35.5 Å². The summed E-state index contributed by atoms with van der Waals surface area (Å²) in [5.41, 5.74) is 1.86. The fourth-order valence-electron chi connectivity index (χ4n) is 2.54. The van der Waals surface area contributed by atoms with Crippen LogP contribution in [-0.4, -0.2) is 37.4 Å². The number of benzene rings is 1. The van der Waals surface area contributed by atoms with Crippen LogP contribution in [0.1, 0.15) is 18.5 Å². The van der Waals surface area contributed by atoms with Gasteiger partial charge in [0.1, 0.15) is 5.69 Å². The molecule has 1 atom stereocenters. The molecule has 1 aromatic carbocycles. The van der Waals surface area contributed by atoms with Gasteiger partial charge in [0.2, 0.25) is 0 Å². The minimum absolute atomic E-state index is 0.283. The first-order valence-corrected chi connectivity index (χ1v) is 7.92. The lowest BCUT2D eigenvalue weighted by molar-refractivity contribution is 0.114. The predicted molar refractivity (Wildman–Crippen MR) is 89.1 cm³/mol. The van der Waals surface area contributed by atoms with E-state index in [0.29, 0.717) is 6.54 Å². The van der Waals surface area contributed by atoms with Crippen molar-refractivity contribution in [3.05, 3.63) is 42.1 Å². The van der Waals surface area contributed by atoms with Crippen molar-refractivity contribution in [2.75, 3.05) is 20.2 Å². The third-order valence-electron chi connectivity index (χ3n) is 3.80. The number of nitrogens with zero attached hydrogens (tertiary/aromatic N) is 2. The van der Waals surface area contributed by atoms with Gasteiger partial charge in [-0.2, -0.15) is 0 Å². The lowest BCUT2D eigenvalue weighted by Gasteiger charge is -2.14. The summed E-state index contributed by atoms with van der Waals surface area (Å²) in [6.45, 7) is 2.19. The third kappa shape index (κ3) is 4.32. The highest BCUT2D eigenvalue weighted by molar-refractivity contribution is 5.79. The van der Waals surface area contributed by atoms with E-state index in [4.69, 9.17) is 9.26 Å². The van der Waals surface area contributed by atoms with Crippen LogP contribution in [0, 0.1) is 0 Å². The minimum Gasteiger partial charge on any atom is -0.376 e. The minimum atomic E-state index is 0.283. The van der Waals surface area contributed by atoms with Crippen LogP contribution in [-0.2, 0) is 11.3 Å². The van der Waals surface area contributed by atoms with Crippen molar-refractivity contribution in [2.45, 2.75) is 25.5 Å². The van der Waals surface area contributed by atoms with E-state index in [1.54, 1.807) is 7.05 Å². The van der Waals surface area contributed by atoms with Gasteiger partial charge in [-0.3, -0.25) is 4.99 Å². The average Bonchev–Trinajstić information content (AvgIpc) is 3.27. The lowest BCUT2D eigenvalue weighted by atomic mass is 10.2. The van der Waals surface area contributed by atoms with Crippen molar-refractivity contribution in [1.82, 2.24) is 15.8 Å². The zero-order chi connectivity index (χ0) is 15.9.